The number of halogens is 3. The molecule has 0 N–H and O–H groups in total. The van der Waals surface area contributed by atoms with Crippen LogP contribution in [0, 0.1) is 18.6 Å². The van der Waals surface area contributed by atoms with Crippen LogP contribution in [0.4, 0.5) is 8.78 Å². The van der Waals surface area contributed by atoms with Crippen LogP contribution in [-0.2, 0) is 7.05 Å². The summed E-state index contributed by atoms with van der Waals surface area (Å²) in [6.07, 6.45) is 5.20. The van der Waals surface area contributed by atoms with Crippen molar-refractivity contribution in [3.05, 3.63) is 77.6 Å². The van der Waals surface area contributed by atoms with Gasteiger partial charge in [-0.3, -0.25) is 0 Å². The monoisotopic (exact) mass is 358 g/mol. The molecule has 0 spiro atoms. The topological polar surface area (TPSA) is 7.76 Å². The Morgan fingerprint density at radius 1 is 0.920 bits per heavy atom. The summed E-state index contributed by atoms with van der Waals surface area (Å²) >= 11 is 5.69. The first-order chi connectivity index (χ1) is 12.0. The number of nitrogens with zero attached hydrogens (tertiary/aromatic N) is 2. The van der Waals surface area contributed by atoms with Gasteiger partial charge in [-0.2, -0.15) is 4.57 Å². The molecule has 0 saturated heterocycles. The van der Waals surface area contributed by atoms with Gasteiger partial charge in [0.2, 0.25) is 11.4 Å². The zero-order valence-electron chi connectivity index (χ0n) is 13.9. The third-order valence-corrected chi connectivity index (χ3v) is 4.27. The minimum absolute atomic E-state index is 0.343. The first-order valence-corrected chi connectivity index (χ1v) is 8.19. The van der Waals surface area contributed by atoms with Crippen molar-refractivity contribution in [2.45, 2.75) is 6.92 Å². The summed E-state index contributed by atoms with van der Waals surface area (Å²) in [5.41, 5.74) is 3.87. The highest BCUT2D eigenvalue weighted by Crippen LogP contribution is 2.33. The molecule has 0 aliphatic heterocycles. The third-order valence-electron chi connectivity index (χ3n) is 4.16. The van der Waals surface area contributed by atoms with Gasteiger partial charge in [-0.15, -0.1) is 0 Å². The third kappa shape index (κ3) is 3.17. The molecule has 1 aromatic carbocycles. The summed E-state index contributed by atoms with van der Waals surface area (Å²) in [5.74, 6) is -1.20. The smallest absolute Gasteiger partial charge is 0.206 e. The molecule has 0 bridgehead atoms. The Kier molecular flexibility index (Phi) is 4.91. The van der Waals surface area contributed by atoms with Crippen LogP contribution < -0.4 is 9.13 Å². The second-order valence-electron chi connectivity index (χ2n) is 5.68. The van der Waals surface area contributed by atoms with Gasteiger partial charge in [0, 0.05) is 30.3 Å². The normalized spacial score (nSPS) is 11.2. The maximum atomic E-state index is 14.7. The van der Waals surface area contributed by atoms with E-state index in [2.05, 4.69) is 0 Å². The Balaban J connectivity index is 2.34. The highest BCUT2D eigenvalue weighted by molar-refractivity contribution is 6.26. The quantitative estimate of drug-likeness (QED) is 0.614. The van der Waals surface area contributed by atoms with Crippen LogP contribution in [0.2, 0.25) is 0 Å². The van der Waals surface area contributed by atoms with E-state index in [1.165, 1.54) is 5.54 Å². The summed E-state index contributed by atoms with van der Waals surface area (Å²) in [7, 11) is 1.83. The van der Waals surface area contributed by atoms with Gasteiger partial charge < -0.3 is 0 Å². The van der Waals surface area contributed by atoms with E-state index in [-0.39, 0.29) is 0 Å². The van der Waals surface area contributed by atoms with Crippen LogP contribution >= 0.6 is 11.6 Å². The van der Waals surface area contributed by atoms with Gasteiger partial charge in [0.25, 0.3) is 0 Å². The van der Waals surface area contributed by atoms with Crippen molar-refractivity contribution < 1.29 is 17.9 Å². The van der Waals surface area contributed by atoms with Gasteiger partial charge in [-0.05, 0) is 24.6 Å². The van der Waals surface area contributed by atoms with E-state index in [4.69, 9.17) is 11.6 Å². The van der Waals surface area contributed by atoms with Gasteiger partial charge in [0.15, 0.2) is 18.6 Å². The predicted molar refractivity (Wildman–Crippen MR) is 94.5 cm³/mol. The maximum absolute atomic E-state index is 14.7. The van der Waals surface area contributed by atoms with E-state index in [0.29, 0.717) is 28.1 Å². The molecule has 0 fully saturated rings. The van der Waals surface area contributed by atoms with Crippen LogP contribution in [0.5, 0.6) is 0 Å². The fourth-order valence-corrected chi connectivity index (χ4v) is 3.13. The molecule has 126 valence electrons. The van der Waals surface area contributed by atoms with Crippen LogP contribution in [0.3, 0.4) is 0 Å². The molecule has 0 saturated carbocycles. The molecule has 2 aromatic heterocycles. The first-order valence-electron chi connectivity index (χ1n) is 7.75. The second-order valence-corrected chi connectivity index (χ2v) is 5.93. The summed E-state index contributed by atoms with van der Waals surface area (Å²) in [6.45, 7) is 1.73. The molecule has 5 heteroatoms. The molecule has 0 amide bonds. The molecule has 0 atom stereocenters. The Bertz CT molecular complexity index is 968. The van der Waals surface area contributed by atoms with Gasteiger partial charge in [-0.25, -0.2) is 13.3 Å². The van der Waals surface area contributed by atoms with Crippen molar-refractivity contribution in [3.8, 4) is 22.5 Å². The van der Waals surface area contributed by atoms with Crippen LogP contribution in [-0.4, -0.2) is 0 Å². The molecule has 2 heterocycles. The van der Waals surface area contributed by atoms with Crippen LogP contribution in [0.1, 0.15) is 5.56 Å². The van der Waals surface area contributed by atoms with Crippen LogP contribution in [0.25, 0.3) is 28.7 Å². The highest BCUT2D eigenvalue weighted by Gasteiger charge is 2.26. The zero-order chi connectivity index (χ0) is 18.0. The number of pyridine rings is 2. The van der Waals surface area contributed by atoms with Crippen molar-refractivity contribution in [2.75, 3.05) is 0 Å². The summed E-state index contributed by atoms with van der Waals surface area (Å²) < 4.78 is 32.8. The lowest BCUT2D eigenvalue weighted by atomic mass is 9.95. The number of rotatable bonds is 3. The van der Waals surface area contributed by atoms with E-state index in [1.54, 1.807) is 36.0 Å². The average Bonchev–Trinajstić information content (AvgIpc) is 2.58. The molecule has 3 aromatic rings. The molecule has 2 nitrogen and oxygen atoms in total. The van der Waals surface area contributed by atoms with Crippen molar-refractivity contribution in [2.24, 2.45) is 7.05 Å². The summed E-state index contributed by atoms with van der Waals surface area (Å²) in [5, 5.41) is 0. The molecule has 25 heavy (non-hydrogen) atoms. The zero-order valence-corrected chi connectivity index (χ0v) is 14.6. The lowest BCUT2D eigenvalue weighted by molar-refractivity contribution is -0.660. The van der Waals surface area contributed by atoms with Gasteiger partial charge >= 0.3 is 0 Å². The Morgan fingerprint density at radius 2 is 1.52 bits per heavy atom. The highest BCUT2D eigenvalue weighted by atomic mass is 35.5. The molecule has 3 rings (SSSR count). The molecule has 0 aliphatic carbocycles. The van der Waals surface area contributed by atoms with Crippen molar-refractivity contribution in [3.63, 3.8) is 0 Å². The number of hydrogen-bond acceptors (Lipinski definition) is 0. The minimum Gasteiger partial charge on any atom is -0.206 e. The largest absolute Gasteiger partial charge is 0.221 e. The van der Waals surface area contributed by atoms with Crippen LogP contribution in [0.15, 0.2) is 60.4 Å². The van der Waals surface area contributed by atoms with Gasteiger partial charge in [-0.1, -0.05) is 11.6 Å². The number of aryl methyl sites for hydroxylation is 1. The first kappa shape index (κ1) is 17.2. The van der Waals surface area contributed by atoms with E-state index < -0.39 is 11.6 Å². The van der Waals surface area contributed by atoms with Gasteiger partial charge in [0.05, 0.1) is 16.7 Å². The molecule has 0 unspecified atom stereocenters. The van der Waals surface area contributed by atoms with Crippen molar-refractivity contribution >= 4 is 17.8 Å². The predicted octanol–water partition coefficient (Wildman–Crippen LogP) is 4.39. The number of benzene rings is 1. The van der Waals surface area contributed by atoms with E-state index >= 15 is 0 Å². The molecule has 0 radical (unpaired) electrons. The molecular formula is C20H17ClF2N2+2. The number of hydrogen-bond donors (Lipinski definition) is 0. The standard InChI is InChI=1S/C20H17ClF2N2/c1-14-19(17-7-3-5-10-24(17)2)15(22)13-16(23)20(14)18-8-4-6-11-25(18)12-9-21/h3-13H,1-2H3/q+2. The van der Waals surface area contributed by atoms with Crippen molar-refractivity contribution in [1.29, 1.82) is 0 Å². The van der Waals surface area contributed by atoms with E-state index in [1.807, 2.05) is 42.1 Å². The fraction of sp³-hybridized carbons (Fsp3) is 0.100. The van der Waals surface area contributed by atoms with E-state index in [0.717, 1.165) is 6.07 Å². The molecule has 0 aliphatic rings. The minimum atomic E-state index is -0.611. The Labute approximate surface area is 150 Å². The van der Waals surface area contributed by atoms with Gasteiger partial charge in [0.1, 0.15) is 18.7 Å². The Morgan fingerprint density at radius 3 is 2.16 bits per heavy atom. The lowest BCUT2D eigenvalue weighted by Crippen LogP contribution is -2.31. The van der Waals surface area contributed by atoms with Crippen molar-refractivity contribution in [1.82, 2.24) is 0 Å². The number of aromatic nitrogens is 2. The molecular weight excluding hydrogens is 342 g/mol. The average molecular weight is 359 g/mol. The maximum Gasteiger partial charge on any atom is 0.221 e. The SMILES string of the molecule is Cc1c(-c2cccc[n+]2C)c(F)cc(F)c1-c1cccc[n+]1C=CCl. The Hall–Kier alpha value is -2.59. The van der Waals surface area contributed by atoms with E-state index in [9.17, 15) is 8.78 Å². The fourth-order valence-electron chi connectivity index (χ4n) is 3.01. The lowest BCUT2D eigenvalue weighted by Gasteiger charge is -2.11. The summed E-state index contributed by atoms with van der Waals surface area (Å²) in [4.78, 5) is 0. The second kappa shape index (κ2) is 7.11. The summed E-state index contributed by atoms with van der Waals surface area (Å²) in [6, 6.07) is 11.8.